The molecule has 0 aliphatic rings. The van der Waals surface area contributed by atoms with Gasteiger partial charge in [-0.25, -0.2) is 0 Å². The van der Waals surface area contributed by atoms with Crippen molar-refractivity contribution < 1.29 is 9.53 Å². The Labute approximate surface area is 93.6 Å². The Kier molecular flexibility index (Phi) is 9.59. The van der Waals surface area contributed by atoms with Gasteiger partial charge in [-0.15, -0.1) is 0 Å². The SMILES string of the molecule is CCCCCCCCN[C@@H](C)C(=O)OC. The molecular weight excluding hydrogens is 190 g/mol. The summed E-state index contributed by atoms with van der Waals surface area (Å²) in [4.78, 5) is 11.0. The van der Waals surface area contributed by atoms with Crippen LogP contribution in [0.3, 0.4) is 0 Å². The summed E-state index contributed by atoms with van der Waals surface area (Å²) >= 11 is 0. The molecule has 0 aliphatic carbocycles. The Balaban J connectivity index is 3.20. The molecule has 0 radical (unpaired) electrons. The number of unbranched alkanes of at least 4 members (excludes halogenated alkanes) is 5. The Morgan fingerprint density at radius 2 is 1.80 bits per heavy atom. The monoisotopic (exact) mass is 215 g/mol. The first-order valence-electron chi connectivity index (χ1n) is 6.03. The molecule has 0 aliphatic heterocycles. The minimum Gasteiger partial charge on any atom is -0.468 e. The van der Waals surface area contributed by atoms with Gasteiger partial charge in [0.2, 0.25) is 0 Å². The van der Waals surface area contributed by atoms with E-state index >= 15 is 0 Å². The number of ether oxygens (including phenoxy) is 1. The lowest BCUT2D eigenvalue weighted by Gasteiger charge is -2.10. The third-order valence-electron chi connectivity index (χ3n) is 2.54. The smallest absolute Gasteiger partial charge is 0.322 e. The van der Waals surface area contributed by atoms with Gasteiger partial charge < -0.3 is 10.1 Å². The Hall–Kier alpha value is -0.570. The van der Waals surface area contributed by atoms with Crippen LogP contribution in [0.25, 0.3) is 0 Å². The number of hydrogen-bond acceptors (Lipinski definition) is 3. The van der Waals surface area contributed by atoms with Gasteiger partial charge >= 0.3 is 5.97 Å². The highest BCUT2D eigenvalue weighted by Crippen LogP contribution is 2.04. The Morgan fingerprint density at radius 3 is 2.40 bits per heavy atom. The molecule has 15 heavy (non-hydrogen) atoms. The predicted molar refractivity (Wildman–Crippen MR) is 62.9 cm³/mol. The van der Waals surface area contributed by atoms with Crippen LogP contribution >= 0.6 is 0 Å². The van der Waals surface area contributed by atoms with E-state index in [0.29, 0.717) is 0 Å². The quantitative estimate of drug-likeness (QED) is 0.474. The molecule has 0 unspecified atom stereocenters. The van der Waals surface area contributed by atoms with E-state index in [4.69, 9.17) is 0 Å². The van der Waals surface area contributed by atoms with Crippen LogP contribution in [0.15, 0.2) is 0 Å². The largest absolute Gasteiger partial charge is 0.468 e. The van der Waals surface area contributed by atoms with Crippen molar-refractivity contribution in [3.8, 4) is 0 Å². The molecule has 0 amide bonds. The third-order valence-corrected chi connectivity index (χ3v) is 2.54. The summed E-state index contributed by atoms with van der Waals surface area (Å²) in [5.41, 5.74) is 0. The molecule has 0 aromatic heterocycles. The topological polar surface area (TPSA) is 38.3 Å². The molecule has 0 saturated heterocycles. The van der Waals surface area contributed by atoms with Crippen LogP contribution in [0.5, 0.6) is 0 Å². The molecule has 3 nitrogen and oxygen atoms in total. The zero-order valence-electron chi connectivity index (χ0n) is 10.3. The molecule has 0 spiro atoms. The number of carbonyl (C=O) groups excluding carboxylic acids is 1. The van der Waals surface area contributed by atoms with E-state index in [0.717, 1.165) is 13.0 Å². The highest BCUT2D eigenvalue weighted by molar-refractivity contribution is 5.74. The van der Waals surface area contributed by atoms with Crippen LogP contribution in [0, 0.1) is 0 Å². The minimum absolute atomic E-state index is 0.175. The van der Waals surface area contributed by atoms with Crippen molar-refractivity contribution in [3.63, 3.8) is 0 Å². The van der Waals surface area contributed by atoms with Crippen molar-refractivity contribution >= 4 is 5.97 Å². The van der Waals surface area contributed by atoms with Gasteiger partial charge in [-0.3, -0.25) is 4.79 Å². The maximum atomic E-state index is 11.0. The van der Waals surface area contributed by atoms with Gasteiger partial charge in [0.1, 0.15) is 6.04 Å². The van der Waals surface area contributed by atoms with E-state index in [9.17, 15) is 4.79 Å². The minimum atomic E-state index is -0.180. The van der Waals surface area contributed by atoms with Crippen molar-refractivity contribution in [1.29, 1.82) is 0 Å². The van der Waals surface area contributed by atoms with E-state index in [1.165, 1.54) is 39.2 Å². The predicted octanol–water partition coefficient (Wildman–Crippen LogP) is 2.50. The number of esters is 1. The van der Waals surface area contributed by atoms with Crippen molar-refractivity contribution in [2.45, 2.75) is 58.4 Å². The van der Waals surface area contributed by atoms with E-state index in [2.05, 4.69) is 17.0 Å². The van der Waals surface area contributed by atoms with Gasteiger partial charge in [-0.2, -0.15) is 0 Å². The van der Waals surface area contributed by atoms with E-state index in [-0.39, 0.29) is 12.0 Å². The van der Waals surface area contributed by atoms with Crippen LogP contribution in [0.4, 0.5) is 0 Å². The lowest BCUT2D eigenvalue weighted by molar-refractivity contribution is -0.142. The molecule has 0 aromatic rings. The molecule has 0 bridgehead atoms. The first-order chi connectivity index (χ1) is 7.22. The lowest BCUT2D eigenvalue weighted by Crippen LogP contribution is -2.35. The van der Waals surface area contributed by atoms with Crippen LogP contribution in [0.1, 0.15) is 52.4 Å². The summed E-state index contributed by atoms with van der Waals surface area (Å²) in [5, 5.41) is 3.15. The molecule has 3 heteroatoms. The summed E-state index contributed by atoms with van der Waals surface area (Å²) in [6.07, 6.45) is 7.67. The molecule has 90 valence electrons. The lowest BCUT2D eigenvalue weighted by atomic mass is 10.1. The van der Waals surface area contributed by atoms with E-state index in [1.807, 2.05) is 6.92 Å². The second-order valence-electron chi connectivity index (χ2n) is 3.97. The molecule has 0 saturated carbocycles. The fourth-order valence-electron chi connectivity index (χ4n) is 1.48. The second-order valence-corrected chi connectivity index (χ2v) is 3.97. The van der Waals surface area contributed by atoms with Gasteiger partial charge in [0.15, 0.2) is 0 Å². The molecule has 1 N–H and O–H groups in total. The average molecular weight is 215 g/mol. The fourth-order valence-corrected chi connectivity index (χ4v) is 1.48. The van der Waals surface area contributed by atoms with Crippen molar-refractivity contribution in [2.24, 2.45) is 0 Å². The van der Waals surface area contributed by atoms with Crippen LogP contribution in [0.2, 0.25) is 0 Å². The van der Waals surface area contributed by atoms with E-state index < -0.39 is 0 Å². The van der Waals surface area contributed by atoms with Crippen LogP contribution < -0.4 is 5.32 Å². The Morgan fingerprint density at radius 1 is 1.20 bits per heavy atom. The molecule has 0 rings (SSSR count). The third kappa shape index (κ3) is 8.43. The van der Waals surface area contributed by atoms with Gasteiger partial charge in [0.05, 0.1) is 7.11 Å². The van der Waals surface area contributed by atoms with Crippen molar-refractivity contribution in [3.05, 3.63) is 0 Å². The van der Waals surface area contributed by atoms with Crippen LogP contribution in [-0.4, -0.2) is 25.7 Å². The molecule has 0 heterocycles. The van der Waals surface area contributed by atoms with Gasteiger partial charge in [-0.1, -0.05) is 39.0 Å². The molecule has 0 fully saturated rings. The number of carbonyl (C=O) groups is 1. The van der Waals surface area contributed by atoms with Gasteiger partial charge in [0.25, 0.3) is 0 Å². The Bertz CT molecular complexity index is 160. The zero-order chi connectivity index (χ0) is 11.5. The number of hydrogen-bond donors (Lipinski definition) is 1. The first-order valence-corrected chi connectivity index (χ1v) is 6.03. The fraction of sp³-hybridized carbons (Fsp3) is 0.917. The van der Waals surface area contributed by atoms with Crippen molar-refractivity contribution in [1.82, 2.24) is 5.32 Å². The summed E-state index contributed by atoms with van der Waals surface area (Å²) in [5.74, 6) is -0.180. The summed E-state index contributed by atoms with van der Waals surface area (Å²) < 4.78 is 4.62. The number of rotatable bonds is 9. The highest BCUT2D eigenvalue weighted by Gasteiger charge is 2.10. The van der Waals surface area contributed by atoms with E-state index in [1.54, 1.807) is 0 Å². The summed E-state index contributed by atoms with van der Waals surface area (Å²) in [6, 6.07) is -0.175. The molecular formula is C12H25NO2. The normalized spacial score (nSPS) is 12.5. The number of nitrogens with one attached hydrogen (secondary N) is 1. The average Bonchev–Trinajstić information content (AvgIpc) is 2.26. The summed E-state index contributed by atoms with van der Waals surface area (Å²) in [7, 11) is 1.42. The standard InChI is InChI=1S/C12H25NO2/c1-4-5-6-7-8-9-10-13-11(2)12(14)15-3/h11,13H,4-10H2,1-3H3/t11-/m0/s1. The van der Waals surface area contributed by atoms with Crippen molar-refractivity contribution in [2.75, 3.05) is 13.7 Å². The molecule has 1 atom stereocenters. The highest BCUT2D eigenvalue weighted by atomic mass is 16.5. The van der Waals surface area contributed by atoms with Crippen LogP contribution in [-0.2, 0) is 9.53 Å². The second kappa shape index (κ2) is 9.97. The maximum absolute atomic E-state index is 11.0. The van der Waals surface area contributed by atoms with Gasteiger partial charge in [-0.05, 0) is 19.9 Å². The first kappa shape index (κ1) is 14.4. The summed E-state index contributed by atoms with van der Waals surface area (Å²) in [6.45, 7) is 4.96. The number of methoxy groups -OCH3 is 1. The zero-order valence-corrected chi connectivity index (χ0v) is 10.3. The molecule has 0 aromatic carbocycles. The van der Waals surface area contributed by atoms with Gasteiger partial charge in [0, 0.05) is 0 Å². The maximum Gasteiger partial charge on any atom is 0.322 e.